The Hall–Kier alpha value is -1.74. The molecule has 0 bridgehead atoms. The number of hydrogen-bond acceptors (Lipinski definition) is 2. The predicted molar refractivity (Wildman–Crippen MR) is 75.3 cm³/mol. The highest BCUT2D eigenvalue weighted by Gasteiger charge is 2.13. The van der Waals surface area contributed by atoms with Crippen molar-refractivity contribution in [2.45, 2.75) is 32.9 Å². The Labute approximate surface area is 113 Å². The van der Waals surface area contributed by atoms with Crippen LogP contribution in [0.1, 0.15) is 42.8 Å². The van der Waals surface area contributed by atoms with E-state index in [2.05, 4.69) is 36.3 Å². The van der Waals surface area contributed by atoms with Gasteiger partial charge >= 0.3 is 0 Å². The second kappa shape index (κ2) is 5.93. The molecule has 2 atom stereocenters. The minimum Gasteiger partial charge on any atom is -0.302 e. The van der Waals surface area contributed by atoms with Gasteiger partial charge in [0.1, 0.15) is 5.82 Å². The second-order valence-corrected chi connectivity index (χ2v) is 4.87. The summed E-state index contributed by atoms with van der Waals surface area (Å²) in [6.07, 6.45) is 1.26. The zero-order valence-electron chi connectivity index (χ0n) is 11.5. The fourth-order valence-electron chi connectivity index (χ4n) is 2.27. The van der Waals surface area contributed by atoms with Crippen LogP contribution in [0.4, 0.5) is 4.39 Å². The maximum absolute atomic E-state index is 12.8. The molecule has 0 spiro atoms. The van der Waals surface area contributed by atoms with Crippen molar-refractivity contribution in [2.75, 3.05) is 0 Å². The van der Waals surface area contributed by atoms with Gasteiger partial charge in [0.15, 0.2) is 0 Å². The molecule has 0 aliphatic heterocycles. The summed E-state index contributed by atoms with van der Waals surface area (Å²) in [5, 5.41) is 3.49. The molecule has 0 amide bonds. The molecule has 1 N–H and O–H groups in total. The molecule has 1 aromatic carbocycles. The number of hydrogen-bond donors (Lipinski definition) is 1. The van der Waals surface area contributed by atoms with Crippen LogP contribution in [-0.4, -0.2) is 4.98 Å². The molecule has 1 unspecified atom stereocenters. The lowest BCUT2D eigenvalue weighted by Gasteiger charge is -2.21. The molecule has 0 aliphatic carbocycles. The molecule has 2 rings (SSSR count). The summed E-state index contributed by atoms with van der Waals surface area (Å²) in [6, 6.07) is 11.8. The van der Waals surface area contributed by atoms with Gasteiger partial charge in [-0.1, -0.05) is 24.3 Å². The topological polar surface area (TPSA) is 24.9 Å². The van der Waals surface area contributed by atoms with Crippen molar-refractivity contribution in [1.82, 2.24) is 10.3 Å². The smallest absolute Gasteiger partial charge is 0.141 e. The lowest BCUT2D eigenvalue weighted by atomic mass is 10.0. The molecule has 2 aromatic rings. The predicted octanol–water partition coefficient (Wildman–Crippen LogP) is 3.94. The first-order chi connectivity index (χ1) is 9.08. The van der Waals surface area contributed by atoms with E-state index in [-0.39, 0.29) is 17.9 Å². The first kappa shape index (κ1) is 13.7. The van der Waals surface area contributed by atoms with E-state index >= 15 is 0 Å². The summed E-state index contributed by atoms with van der Waals surface area (Å²) < 4.78 is 12.8. The third-order valence-corrected chi connectivity index (χ3v) is 3.35. The van der Waals surface area contributed by atoms with Crippen molar-refractivity contribution in [3.63, 3.8) is 0 Å². The van der Waals surface area contributed by atoms with Crippen LogP contribution in [0.5, 0.6) is 0 Å². The zero-order valence-corrected chi connectivity index (χ0v) is 11.5. The lowest BCUT2D eigenvalue weighted by Crippen LogP contribution is -2.23. The number of nitrogens with one attached hydrogen (secondary N) is 1. The normalized spacial score (nSPS) is 14.1. The first-order valence-corrected chi connectivity index (χ1v) is 6.51. The highest BCUT2D eigenvalue weighted by molar-refractivity contribution is 5.28. The largest absolute Gasteiger partial charge is 0.302 e. The van der Waals surface area contributed by atoms with Crippen LogP contribution < -0.4 is 5.32 Å². The average Bonchev–Trinajstić information content (AvgIpc) is 2.39. The van der Waals surface area contributed by atoms with Gasteiger partial charge in [-0.25, -0.2) is 4.39 Å². The van der Waals surface area contributed by atoms with E-state index in [9.17, 15) is 4.39 Å². The summed E-state index contributed by atoms with van der Waals surface area (Å²) in [7, 11) is 0. The lowest BCUT2D eigenvalue weighted by molar-refractivity contribution is 0.483. The molecule has 1 aromatic heterocycles. The Morgan fingerprint density at radius 3 is 2.42 bits per heavy atom. The van der Waals surface area contributed by atoms with Crippen LogP contribution in [0, 0.1) is 12.7 Å². The Morgan fingerprint density at radius 2 is 1.79 bits per heavy atom. The maximum atomic E-state index is 12.8. The zero-order chi connectivity index (χ0) is 13.8. The van der Waals surface area contributed by atoms with Crippen molar-refractivity contribution in [2.24, 2.45) is 0 Å². The third kappa shape index (κ3) is 3.38. The monoisotopic (exact) mass is 258 g/mol. The van der Waals surface area contributed by atoms with Crippen molar-refractivity contribution < 1.29 is 4.39 Å². The average molecular weight is 258 g/mol. The van der Waals surface area contributed by atoms with E-state index < -0.39 is 0 Å². The fraction of sp³-hybridized carbons (Fsp3) is 0.312. The van der Waals surface area contributed by atoms with Gasteiger partial charge in [0, 0.05) is 12.1 Å². The van der Waals surface area contributed by atoms with E-state index in [0.717, 1.165) is 5.69 Å². The third-order valence-electron chi connectivity index (χ3n) is 3.35. The van der Waals surface area contributed by atoms with Gasteiger partial charge in [-0.15, -0.1) is 0 Å². The molecular formula is C16H19FN2. The van der Waals surface area contributed by atoms with Crippen LogP contribution in [0.3, 0.4) is 0 Å². The van der Waals surface area contributed by atoms with Gasteiger partial charge in [0.25, 0.3) is 0 Å². The summed E-state index contributed by atoms with van der Waals surface area (Å²) >= 11 is 0. The quantitative estimate of drug-likeness (QED) is 0.898. The van der Waals surface area contributed by atoms with E-state index in [1.54, 1.807) is 6.07 Å². The molecule has 19 heavy (non-hydrogen) atoms. The fourth-order valence-corrected chi connectivity index (χ4v) is 2.27. The highest BCUT2D eigenvalue weighted by Crippen LogP contribution is 2.20. The van der Waals surface area contributed by atoms with Crippen molar-refractivity contribution in [1.29, 1.82) is 0 Å². The standard InChI is InChI=1S/C16H19FN2/c1-11-6-4-5-7-15(11)12(2)19-13(3)16-9-8-14(17)10-18-16/h4-10,12-13,19H,1-3H3/t12-,13?/m1/s1. The Balaban J connectivity index is 2.08. The molecule has 3 heteroatoms. The summed E-state index contributed by atoms with van der Waals surface area (Å²) in [4.78, 5) is 4.11. The molecule has 0 radical (unpaired) electrons. The minimum absolute atomic E-state index is 0.0789. The first-order valence-electron chi connectivity index (χ1n) is 6.51. The minimum atomic E-state index is -0.303. The molecular weight excluding hydrogens is 239 g/mol. The van der Waals surface area contributed by atoms with Crippen molar-refractivity contribution >= 4 is 0 Å². The Kier molecular flexibility index (Phi) is 4.27. The van der Waals surface area contributed by atoms with E-state index in [0.29, 0.717) is 0 Å². The molecule has 2 nitrogen and oxygen atoms in total. The molecule has 0 saturated heterocycles. The molecule has 1 heterocycles. The Morgan fingerprint density at radius 1 is 1.05 bits per heavy atom. The number of pyridine rings is 1. The van der Waals surface area contributed by atoms with E-state index in [1.165, 1.54) is 23.4 Å². The van der Waals surface area contributed by atoms with Gasteiger partial charge in [-0.3, -0.25) is 4.98 Å². The Bertz CT molecular complexity index is 537. The van der Waals surface area contributed by atoms with E-state index in [4.69, 9.17) is 0 Å². The molecule has 100 valence electrons. The van der Waals surface area contributed by atoms with Crippen LogP contribution in [0.25, 0.3) is 0 Å². The molecule has 0 aliphatic rings. The number of nitrogens with zero attached hydrogens (tertiary/aromatic N) is 1. The van der Waals surface area contributed by atoms with E-state index in [1.807, 2.05) is 19.1 Å². The SMILES string of the molecule is Cc1ccccc1[C@@H](C)NC(C)c1ccc(F)cn1. The molecule has 0 fully saturated rings. The van der Waals surface area contributed by atoms with Gasteiger partial charge in [-0.2, -0.15) is 0 Å². The van der Waals surface area contributed by atoms with Crippen molar-refractivity contribution in [3.8, 4) is 0 Å². The molecule has 0 saturated carbocycles. The summed E-state index contributed by atoms with van der Waals surface area (Å²) in [5.41, 5.74) is 3.39. The highest BCUT2D eigenvalue weighted by atomic mass is 19.1. The number of aryl methyl sites for hydroxylation is 1. The van der Waals surface area contributed by atoms with Gasteiger partial charge in [0.05, 0.1) is 11.9 Å². The number of halogens is 1. The second-order valence-electron chi connectivity index (χ2n) is 4.87. The summed E-state index contributed by atoms with van der Waals surface area (Å²) in [6.45, 7) is 6.27. The number of rotatable bonds is 4. The van der Waals surface area contributed by atoms with Gasteiger partial charge < -0.3 is 5.32 Å². The van der Waals surface area contributed by atoms with Crippen molar-refractivity contribution in [3.05, 3.63) is 65.2 Å². The number of benzene rings is 1. The summed E-state index contributed by atoms with van der Waals surface area (Å²) in [5.74, 6) is -0.303. The van der Waals surface area contributed by atoms with Crippen LogP contribution in [0.15, 0.2) is 42.6 Å². The maximum Gasteiger partial charge on any atom is 0.141 e. The van der Waals surface area contributed by atoms with Crippen LogP contribution in [-0.2, 0) is 0 Å². The van der Waals surface area contributed by atoms with Gasteiger partial charge in [0.2, 0.25) is 0 Å². The van der Waals surface area contributed by atoms with Crippen LogP contribution >= 0.6 is 0 Å². The number of aromatic nitrogens is 1. The van der Waals surface area contributed by atoms with Crippen LogP contribution in [0.2, 0.25) is 0 Å². The van der Waals surface area contributed by atoms with Gasteiger partial charge in [-0.05, 0) is 44.0 Å².